The van der Waals surface area contributed by atoms with Gasteiger partial charge in [0.1, 0.15) is 11.0 Å². The molecule has 0 aliphatic heterocycles. The van der Waals surface area contributed by atoms with Gasteiger partial charge in [-0.1, -0.05) is 72.3 Å². The average Bonchev–Trinajstić information content (AvgIpc) is 3.22. The minimum absolute atomic E-state index is 0.630. The van der Waals surface area contributed by atoms with Gasteiger partial charge in [-0.3, -0.25) is 0 Å². The van der Waals surface area contributed by atoms with Crippen LogP contribution in [-0.2, 0) is 0 Å². The molecular weight excluding hydrogens is 380 g/mol. The topological polar surface area (TPSA) is 56.7 Å². The van der Waals surface area contributed by atoms with Crippen LogP contribution in [0.4, 0.5) is 5.69 Å². The summed E-state index contributed by atoms with van der Waals surface area (Å²) in [5, 5.41) is 10.3. The Kier molecular flexibility index (Phi) is 4.26. The van der Waals surface area contributed by atoms with Crippen molar-refractivity contribution in [3.8, 4) is 27.9 Å². The van der Waals surface area contributed by atoms with E-state index < -0.39 is 0 Å². The highest BCUT2D eigenvalue weighted by molar-refractivity contribution is 6.31. The van der Waals surface area contributed by atoms with Crippen molar-refractivity contribution >= 4 is 28.3 Å². The molecule has 1 aromatic heterocycles. The van der Waals surface area contributed by atoms with Crippen molar-refractivity contribution < 1.29 is 0 Å². The standard InChI is InChI=1S/C24H17ClN4/c25-17-11-14-22(26)21(15-17)20-13-12-19(16-7-3-1-4-8-16)23-24(20)28-29(27-23)18-9-5-2-6-10-18/h1-15H,26H2. The van der Waals surface area contributed by atoms with Crippen molar-refractivity contribution in [2.24, 2.45) is 0 Å². The number of fused-ring (bicyclic) bond motifs is 1. The summed E-state index contributed by atoms with van der Waals surface area (Å²) in [6.45, 7) is 0. The van der Waals surface area contributed by atoms with Gasteiger partial charge in [-0.15, -0.1) is 10.2 Å². The lowest BCUT2D eigenvalue weighted by Crippen LogP contribution is -1.97. The summed E-state index contributed by atoms with van der Waals surface area (Å²) >= 11 is 6.25. The number of rotatable bonds is 3. The maximum atomic E-state index is 6.27. The van der Waals surface area contributed by atoms with E-state index >= 15 is 0 Å². The molecular formula is C24H17ClN4. The molecule has 5 rings (SSSR count). The Bertz CT molecular complexity index is 1310. The third-order valence-electron chi connectivity index (χ3n) is 4.92. The van der Waals surface area contributed by atoms with Gasteiger partial charge in [0.15, 0.2) is 0 Å². The maximum absolute atomic E-state index is 6.27. The molecule has 0 saturated heterocycles. The van der Waals surface area contributed by atoms with E-state index in [1.54, 1.807) is 10.9 Å². The molecule has 2 N–H and O–H groups in total. The first-order valence-corrected chi connectivity index (χ1v) is 9.65. The van der Waals surface area contributed by atoms with Gasteiger partial charge in [-0.25, -0.2) is 0 Å². The molecule has 0 saturated carbocycles. The fourth-order valence-electron chi connectivity index (χ4n) is 3.50. The maximum Gasteiger partial charge on any atom is 0.122 e. The normalized spacial score (nSPS) is 11.1. The lowest BCUT2D eigenvalue weighted by Gasteiger charge is -2.09. The van der Waals surface area contributed by atoms with E-state index in [1.165, 1.54) is 0 Å². The Labute approximate surface area is 173 Å². The van der Waals surface area contributed by atoms with Gasteiger partial charge >= 0.3 is 0 Å². The smallest absolute Gasteiger partial charge is 0.122 e. The second-order valence-electron chi connectivity index (χ2n) is 6.78. The zero-order chi connectivity index (χ0) is 19.8. The number of nitrogen functional groups attached to an aromatic ring is 1. The Morgan fingerprint density at radius 1 is 0.655 bits per heavy atom. The summed E-state index contributed by atoms with van der Waals surface area (Å²) in [6.07, 6.45) is 0. The molecule has 0 aliphatic rings. The third-order valence-corrected chi connectivity index (χ3v) is 5.15. The summed E-state index contributed by atoms with van der Waals surface area (Å²) in [7, 11) is 0. The summed E-state index contributed by atoms with van der Waals surface area (Å²) in [5.41, 5.74) is 13.3. The number of anilines is 1. The molecule has 4 nitrogen and oxygen atoms in total. The number of aromatic nitrogens is 3. The first kappa shape index (κ1) is 17.5. The van der Waals surface area contributed by atoms with E-state index in [2.05, 4.69) is 18.2 Å². The van der Waals surface area contributed by atoms with E-state index in [-0.39, 0.29) is 0 Å². The van der Waals surface area contributed by atoms with E-state index in [0.717, 1.165) is 39.0 Å². The Balaban J connectivity index is 1.82. The number of benzene rings is 4. The molecule has 0 radical (unpaired) electrons. The predicted octanol–water partition coefficient (Wildman–Crippen LogP) is 5.99. The Morgan fingerprint density at radius 2 is 1.28 bits per heavy atom. The highest BCUT2D eigenvalue weighted by Crippen LogP contribution is 2.37. The quantitative estimate of drug-likeness (QED) is 0.381. The molecule has 0 fully saturated rings. The molecule has 5 heteroatoms. The first-order valence-electron chi connectivity index (χ1n) is 9.27. The van der Waals surface area contributed by atoms with Crippen LogP contribution in [0.2, 0.25) is 5.02 Å². The number of nitrogens with two attached hydrogens (primary N) is 1. The number of hydrogen-bond donors (Lipinski definition) is 1. The van der Waals surface area contributed by atoms with Gasteiger partial charge in [0.05, 0.1) is 5.69 Å². The number of nitrogens with zero attached hydrogens (tertiary/aromatic N) is 3. The van der Waals surface area contributed by atoms with Gasteiger partial charge in [0.25, 0.3) is 0 Å². The highest BCUT2D eigenvalue weighted by Gasteiger charge is 2.17. The fourth-order valence-corrected chi connectivity index (χ4v) is 3.67. The molecule has 140 valence electrons. The van der Waals surface area contributed by atoms with Crippen LogP contribution in [0, 0.1) is 0 Å². The van der Waals surface area contributed by atoms with Crippen molar-refractivity contribution in [1.82, 2.24) is 15.0 Å². The first-order chi connectivity index (χ1) is 14.2. The Morgan fingerprint density at radius 3 is 2.00 bits per heavy atom. The van der Waals surface area contributed by atoms with Crippen molar-refractivity contribution in [2.45, 2.75) is 0 Å². The average molecular weight is 397 g/mol. The van der Waals surface area contributed by atoms with Crippen LogP contribution < -0.4 is 5.73 Å². The van der Waals surface area contributed by atoms with E-state index in [0.29, 0.717) is 10.7 Å². The molecule has 29 heavy (non-hydrogen) atoms. The second-order valence-corrected chi connectivity index (χ2v) is 7.22. The minimum atomic E-state index is 0.630. The van der Waals surface area contributed by atoms with Gasteiger partial charge in [-0.2, -0.15) is 4.80 Å². The van der Waals surface area contributed by atoms with E-state index in [1.807, 2.05) is 66.7 Å². The van der Waals surface area contributed by atoms with Gasteiger partial charge in [-0.05, 0) is 35.9 Å². The van der Waals surface area contributed by atoms with Crippen molar-refractivity contribution in [2.75, 3.05) is 5.73 Å². The van der Waals surface area contributed by atoms with Crippen LogP contribution in [0.15, 0.2) is 91.0 Å². The molecule has 5 aromatic rings. The van der Waals surface area contributed by atoms with Crippen LogP contribution in [0.1, 0.15) is 0 Å². The molecule has 0 atom stereocenters. The third kappa shape index (κ3) is 3.13. The van der Waals surface area contributed by atoms with Crippen LogP contribution in [0.5, 0.6) is 0 Å². The van der Waals surface area contributed by atoms with Gasteiger partial charge < -0.3 is 5.73 Å². The minimum Gasteiger partial charge on any atom is -0.398 e. The van der Waals surface area contributed by atoms with E-state index in [9.17, 15) is 0 Å². The van der Waals surface area contributed by atoms with Crippen LogP contribution in [-0.4, -0.2) is 15.0 Å². The largest absolute Gasteiger partial charge is 0.398 e. The summed E-state index contributed by atoms with van der Waals surface area (Å²) in [4.78, 5) is 1.67. The van der Waals surface area contributed by atoms with Crippen LogP contribution in [0.3, 0.4) is 0 Å². The van der Waals surface area contributed by atoms with E-state index in [4.69, 9.17) is 27.5 Å². The van der Waals surface area contributed by atoms with Gasteiger partial charge in [0.2, 0.25) is 0 Å². The highest BCUT2D eigenvalue weighted by atomic mass is 35.5. The molecule has 0 bridgehead atoms. The summed E-state index contributed by atoms with van der Waals surface area (Å²) in [5.74, 6) is 0. The zero-order valence-corrected chi connectivity index (χ0v) is 16.2. The molecule has 1 heterocycles. The SMILES string of the molecule is Nc1ccc(Cl)cc1-c1ccc(-c2ccccc2)c2nn(-c3ccccc3)nc12. The van der Waals surface area contributed by atoms with Crippen LogP contribution >= 0.6 is 11.6 Å². The fraction of sp³-hybridized carbons (Fsp3) is 0. The Hall–Kier alpha value is -3.63. The van der Waals surface area contributed by atoms with Crippen LogP contribution in [0.25, 0.3) is 39.0 Å². The van der Waals surface area contributed by atoms with Crippen molar-refractivity contribution in [1.29, 1.82) is 0 Å². The lowest BCUT2D eigenvalue weighted by molar-refractivity contribution is 0.766. The van der Waals surface area contributed by atoms with Gasteiger partial charge in [0, 0.05) is 27.4 Å². The zero-order valence-electron chi connectivity index (χ0n) is 15.5. The molecule has 0 unspecified atom stereocenters. The van der Waals surface area contributed by atoms with Crippen molar-refractivity contribution in [3.05, 3.63) is 96.0 Å². The predicted molar refractivity (Wildman–Crippen MR) is 119 cm³/mol. The molecule has 0 aliphatic carbocycles. The summed E-state index contributed by atoms with van der Waals surface area (Å²) in [6, 6.07) is 29.6. The monoisotopic (exact) mass is 396 g/mol. The summed E-state index contributed by atoms with van der Waals surface area (Å²) < 4.78 is 0. The molecule has 0 spiro atoms. The lowest BCUT2D eigenvalue weighted by atomic mass is 9.97. The number of halogens is 1. The number of para-hydroxylation sites is 1. The number of hydrogen-bond acceptors (Lipinski definition) is 3. The van der Waals surface area contributed by atoms with Crippen molar-refractivity contribution in [3.63, 3.8) is 0 Å². The molecule has 4 aromatic carbocycles. The second kappa shape index (κ2) is 7.08. The molecule has 0 amide bonds.